The number of carbonyl (C=O) groups is 1. The second kappa shape index (κ2) is 5.88. The van der Waals surface area contributed by atoms with Gasteiger partial charge in [0.1, 0.15) is 5.03 Å². The number of rotatable bonds is 4. The van der Waals surface area contributed by atoms with E-state index < -0.39 is 0 Å². The lowest BCUT2D eigenvalue weighted by molar-refractivity contribution is -0.137. The molecule has 3 rings (SSSR count). The van der Waals surface area contributed by atoms with Crippen molar-refractivity contribution in [3.05, 3.63) is 36.7 Å². The van der Waals surface area contributed by atoms with Crippen molar-refractivity contribution < 1.29 is 9.53 Å². The van der Waals surface area contributed by atoms with Crippen molar-refractivity contribution in [3.63, 3.8) is 0 Å². The van der Waals surface area contributed by atoms with Crippen LogP contribution in [0.5, 0.6) is 0 Å². The molecule has 0 unspecified atom stereocenters. The molecule has 106 valence electrons. The van der Waals surface area contributed by atoms with Crippen LogP contribution in [0.2, 0.25) is 0 Å². The molecule has 3 aromatic heterocycles. The van der Waals surface area contributed by atoms with Gasteiger partial charge in [-0.05, 0) is 24.3 Å². The van der Waals surface area contributed by atoms with Crippen LogP contribution >= 0.6 is 11.8 Å². The van der Waals surface area contributed by atoms with E-state index in [1.807, 2.05) is 18.2 Å². The van der Waals surface area contributed by atoms with Gasteiger partial charge in [-0.3, -0.25) is 9.78 Å². The maximum Gasteiger partial charge on any atom is 0.316 e. The summed E-state index contributed by atoms with van der Waals surface area (Å²) >= 11 is 1.30. The summed E-state index contributed by atoms with van der Waals surface area (Å²) < 4.78 is 6.26. The molecule has 0 radical (unpaired) electrons. The van der Waals surface area contributed by atoms with Crippen LogP contribution < -0.4 is 0 Å². The third-order valence-corrected chi connectivity index (χ3v) is 3.64. The highest BCUT2D eigenvalue weighted by atomic mass is 32.2. The largest absolute Gasteiger partial charge is 0.468 e. The first kappa shape index (κ1) is 13.5. The Kier molecular flexibility index (Phi) is 3.78. The van der Waals surface area contributed by atoms with E-state index in [2.05, 4.69) is 25.0 Å². The summed E-state index contributed by atoms with van der Waals surface area (Å²) in [6, 6.07) is 7.29. The molecule has 21 heavy (non-hydrogen) atoms. The van der Waals surface area contributed by atoms with Gasteiger partial charge < -0.3 is 4.74 Å². The minimum atomic E-state index is -0.292. The molecule has 0 aliphatic rings. The molecule has 0 aliphatic heterocycles. The van der Waals surface area contributed by atoms with Gasteiger partial charge in [-0.2, -0.15) is 9.61 Å². The molecule has 0 aromatic carbocycles. The van der Waals surface area contributed by atoms with Gasteiger partial charge in [-0.15, -0.1) is 10.2 Å². The number of ether oxygens (including phenoxy) is 1. The zero-order chi connectivity index (χ0) is 14.7. The Hall–Kier alpha value is -2.48. The zero-order valence-electron chi connectivity index (χ0n) is 11.1. The van der Waals surface area contributed by atoms with Gasteiger partial charge in [0.25, 0.3) is 0 Å². The number of nitrogens with zero attached hydrogens (tertiary/aromatic N) is 5. The summed E-state index contributed by atoms with van der Waals surface area (Å²) in [5, 5.41) is 13.4. The van der Waals surface area contributed by atoms with E-state index in [1.165, 1.54) is 18.9 Å². The van der Waals surface area contributed by atoms with Crippen molar-refractivity contribution in [2.45, 2.75) is 5.03 Å². The normalized spacial score (nSPS) is 10.7. The fourth-order valence-corrected chi connectivity index (χ4v) is 2.41. The molecule has 0 aliphatic carbocycles. The van der Waals surface area contributed by atoms with Crippen LogP contribution in [0.4, 0.5) is 0 Å². The van der Waals surface area contributed by atoms with Crippen molar-refractivity contribution in [2.24, 2.45) is 0 Å². The number of hydrogen-bond donors (Lipinski definition) is 0. The fraction of sp³-hybridized carbons (Fsp3) is 0.154. The standard InChI is InChI=1S/C13H11N5O2S/c1-20-12(19)8-21-11-3-2-10-15-16-13(18(10)17-11)9-4-6-14-7-5-9/h2-7H,8H2,1H3. The zero-order valence-corrected chi connectivity index (χ0v) is 11.9. The summed E-state index contributed by atoms with van der Waals surface area (Å²) in [5.41, 5.74) is 1.52. The number of hydrogen-bond acceptors (Lipinski definition) is 7. The van der Waals surface area contributed by atoms with Gasteiger partial charge >= 0.3 is 5.97 Å². The number of thioether (sulfide) groups is 1. The summed E-state index contributed by atoms with van der Waals surface area (Å²) in [6.45, 7) is 0. The predicted molar refractivity (Wildman–Crippen MR) is 76.8 cm³/mol. The lowest BCUT2D eigenvalue weighted by Gasteiger charge is -2.02. The molecule has 0 atom stereocenters. The average Bonchev–Trinajstić information content (AvgIpc) is 2.96. The van der Waals surface area contributed by atoms with E-state index in [4.69, 9.17) is 0 Å². The Morgan fingerprint density at radius 3 is 2.81 bits per heavy atom. The Labute approximate surface area is 124 Å². The second-order valence-corrected chi connectivity index (χ2v) is 5.06. The number of fused-ring (bicyclic) bond motifs is 1. The van der Waals surface area contributed by atoms with Crippen LogP contribution in [-0.2, 0) is 9.53 Å². The highest BCUT2D eigenvalue weighted by molar-refractivity contribution is 7.99. The first-order chi connectivity index (χ1) is 10.3. The SMILES string of the molecule is COC(=O)CSc1ccc2nnc(-c3ccncc3)n2n1. The minimum absolute atomic E-state index is 0.210. The number of carbonyl (C=O) groups excluding carboxylic acids is 1. The smallest absolute Gasteiger partial charge is 0.316 e. The molecular weight excluding hydrogens is 290 g/mol. The van der Waals surface area contributed by atoms with E-state index in [0.717, 1.165) is 5.56 Å². The molecule has 8 heteroatoms. The lowest BCUT2D eigenvalue weighted by Crippen LogP contribution is -2.04. The fourth-order valence-electron chi connectivity index (χ4n) is 1.72. The monoisotopic (exact) mass is 301 g/mol. The second-order valence-electron chi connectivity index (χ2n) is 4.07. The van der Waals surface area contributed by atoms with Crippen molar-refractivity contribution in [1.29, 1.82) is 0 Å². The van der Waals surface area contributed by atoms with E-state index >= 15 is 0 Å². The van der Waals surface area contributed by atoms with Gasteiger partial charge in [0.2, 0.25) is 0 Å². The molecule has 0 bridgehead atoms. The maximum atomic E-state index is 11.2. The van der Waals surface area contributed by atoms with Crippen molar-refractivity contribution in [1.82, 2.24) is 24.8 Å². The van der Waals surface area contributed by atoms with Gasteiger partial charge in [-0.1, -0.05) is 11.8 Å². The van der Waals surface area contributed by atoms with Crippen molar-refractivity contribution in [2.75, 3.05) is 12.9 Å². The number of esters is 1. The molecule has 7 nitrogen and oxygen atoms in total. The number of aromatic nitrogens is 5. The van der Waals surface area contributed by atoms with Gasteiger partial charge in [0, 0.05) is 18.0 Å². The summed E-state index contributed by atoms with van der Waals surface area (Å²) in [7, 11) is 1.36. The van der Waals surface area contributed by atoms with Crippen molar-refractivity contribution >= 4 is 23.4 Å². The molecule has 3 aromatic rings. The topological polar surface area (TPSA) is 82.3 Å². The molecule has 0 N–H and O–H groups in total. The Morgan fingerprint density at radius 1 is 1.24 bits per heavy atom. The molecule has 0 amide bonds. The molecule has 0 saturated carbocycles. The third kappa shape index (κ3) is 2.84. The molecular formula is C13H11N5O2S. The van der Waals surface area contributed by atoms with Crippen LogP contribution in [0.15, 0.2) is 41.7 Å². The summed E-state index contributed by atoms with van der Waals surface area (Å²) in [5.74, 6) is 0.551. The van der Waals surface area contributed by atoms with E-state index in [9.17, 15) is 4.79 Å². The van der Waals surface area contributed by atoms with Crippen LogP contribution in [0.1, 0.15) is 0 Å². The maximum absolute atomic E-state index is 11.2. The molecule has 0 fully saturated rings. The van der Waals surface area contributed by atoms with Crippen molar-refractivity contribution in [3.8, 4) is 11.4 Å². The van der Waals surface area contributed by atoms with Crippen LogP contribution in [0.25, 0.3) is 17.0 Å². The van der Waals surface area contributed by atoms with E-state index in [-0.39, 0.29) is 11.7 Å². The summed E-state index contributed by atoms with van der Waals surface area (Å²) in [4.78, 5) is 15.2. The molecule has 0 spiro atoms. The van der Waals surface area contributed by atoms with Crippen LogP contribution in [-0.4, -0.2) is 43.6 Å². The highest BCUT2D eigenvalue weighted by Crippen LogP contribution is 2.20. The first-order valence-electron chi connectivity index (χ1n) is 6.10. The number of methoxy groups -OCH3 is 1. The van der Waals surface area contributed by atoms with E-state index in [1.54, 1.807) is 23.0 Å². The van der Waals surface area contributed by atoms with Gasteiger partial charge in [0.15, 0.2) is 11.5 Å². The Balaban J connectivity index is 1.95. The Morgan fingerprint density at radius 2 is 2.05 bits per heavy atom. The molecule has 0 saturated heterocycles. The van der Waals surface area contributed by atoms with Gasteiger partial charge in [0.05, 0.1) is 12.9 Å². The third-order valence-electron chi connectivity index (χ3n) is 2.74. The predicted octanol–water partition coefficient (Wildman–Crippen LogP) is 1.45. The number of pyridine rings is 1. The Bertz CT molecular complexity index is 775. The first-order valence-corrected chi connectivity index (χ1v) is 7.09. The van der Waals surface area contributed by atoms with Crippen LogP contribution in [0.3, 0.4) is 0 Å². The molecule has 3 heterocycles. The van der Waals surface area contributed by atoms with Crippen LogP contribution in [0, 0.1) is 0 Å². The minimum Gasteiger partial charge on any atom is -0.468 e. The van der Waals surface area contributed by atoms with Gasteiger partial charge in [-0.25, -0.2) is 0 Å². The summed E-state index contributed by atoms with van der Waals surface area (Å²) in [6.07, 6.45) is 3.37. The average molecular weight is 301 g/mol. The quantitative estimate of drug-likeness (QED) is 0.533. The van der Waals surface area contributed by atoms with E-state index in [0.29, 0.717) is 16.5 Å². The lowest BCUT2D eigenvalue weighted by atomic mass is 10.2. The highest BCUT2D eigenvalue weighted by Gasteiger charge is 2.10.